The average Bonchev–Trinajstić information content (AvgIpc) is 1.88. The average molecular weight is 139 g/mol. The fraction of sp³-hybridized carbons (Fsp3) is 0.625. The van der Waals surface area contributed by atoms with Crippen LogP contribution in [-0.4, -0.2) is 12.1 Å². The maximum Gasteiger partial charge on any atom is 0.235 e. The topological polar surface area (TPSA) is 29.4 Å². The van der Waals surface area contributed by atoms with Gasteiger partial charge in [-0.15, -0.1) is 0 Å². The quantitative estimate of drug-likeness (QED) is 0.334. The molecule has 0 aromatic heterocycles. The number of hydrogen-bond donors (Lipinski definition) is 0. The van der Waals surface area contributed by atoms with E-state index < -0.39 is 0 Å². The van der Waals surface area contributed by atoms with E-state index in [9.17, 15) is 4.79 Å². The summed E-state index contributed by atoms with van der Waals surface area (Å²) in [6.45, 7) is 5.96. The standard InChI is InChI=1S/C8H13NO/c1-4-7(2)5-8(3)9-6-10/h5,8H,4H2,1-3H3. The van der Waals surface area contributed by atoms with E-state index in [4.69, 9.17) is 0 Å². The van der Waals surface area contributed by atoms with Gasteiger partial charge in [0.05, 0.1) is 6.04 Å². The zero-order valence-corrected chi connectivity index (χ0v) is 6.72. The summed E-state index contributed by atoms with van der Waals surface area (Å²) in [6, 6.07) is -0.0163. The molecule has 0 heterocycles. The van der Waals surface area contributed by atoms with Crippen LogP contribution in [0.2, 0.25) is 0 Å². The summed E-state index contributed by atoms with van der Waals surface area (Å²) >= 11 is 0. The molecule has 0 aliphatic carbocycles. The Balaban J connectivity index is 3.98. The summed E-state index contributed by atoms with van der Waals surface area (Å²) in [5, 5.41) is 0. The van der Waals surface area contributed by atoms with Crippen LogP contribution in [0.5, 0.6) is 0 Å². The van der Waals surface area contributed by atoms with Gasteiger partial charge in [-0.05, 0) is 20.3 Å². The Morgan fingerprint density at radius 3 is 2.80 bits per heavy atom. The van der Waals surface area contributed by atoms with Gasteiger partial charge in [0.2, 0.25) is 6.08 Å². The van der Waals surface area contributed by atoms with E-state index in [0.29, 0.717) is 0 Å². The lowest BCUT2D eigenvalue weighted by Gasteiger charge is -1.97. The second kappa shape index (κ2) is 4.95. The number of carbonyl (C=O) groups excluding carboxylic acids is 1. The van der Waals surface area contributed by atoms with Crippen molar-refractivity contribution in [2.24, 2.45) is 4.99 Å². The molecule has 0 bridgehead atoms. The van der Waals surface area contributed by atoms with Crippen molar-refractivity contribution in [1.82, 2.24) is 0 Å². The van der Waals surface area contributed by atoms with E-state index in [1.807, 2.05) is 19.9 Å². The van der Waals surface area contributed by atoms with E-state index in [1.54, 1.807) is 0 Å². The SMILES string of the molecule is CCC(C)=CC(C)N=C=O. The smallest absolute Gasteiger partial charge is 0.211 e. The first kappa shape index (κ1) is 9.12. The minimum absolute atomic E-state index is 0.0163. The molecule has 1 atom stereocenters. The van der Waals surface area contributed by atoms with Gasteiger partial charge < -0.3 is 0 Å². The summed E-state index contributed by atoms with van der Waals surface area (Å²) < 4.78 is 0. The summed E-state index contributed by atoms with van der Waals surface area (Å²) in [5.41, 5.74) is 1.26. The number of allylic oxidation sites excluding steroid dienone is 1. The third kappa shape index (κ3) is 4.04. The summed E-state index contributed by atoms with van der Waals surface area (Å²) in [6.07, 6.45) is 4.50. The Morgan fingerprint density at radius 1 is 1.80 bits per heavy atom. The molecule has 0 aromatic carbocycles. The number of hydrogen-bond acceptors (Lipinski definition) is 2. The number of nitrogens with zero attached hydrogens (tertiary/aromatic N) is 1. The highest BCUT2D eigenvalue weighted by Gasteiger charge is 1.92. The third-order valence-electron chi connectivity index (χ3n) is 1.34. The Labute approximate surface area is 61.7 Å². The second-order valence-corrected chi connectivity index (χ2v) is 2.33. The second-order valence-electron chi connectivity index (χ2n) is 2.33. The molecule has 56 valence electrons. The highest BCUT2D eigenvalue weighted by atomic mass is 16.1. The molecule has 0 spiro atoms. The molecule has 2 nitrogen and oxygen atoms in total. The summed E-state index contributed by atoms with van der Waals surface area (Å²) in [4.78, 5) is 13.3. The molecule has 0 amide bonds. The van der Waals surface area contributed by atoms with Crippen LogP contribution in [0.4, 0.5) is 0 Å². The van der Waals surface area contributed by atoms with Gasteiger partial charge >= 0.3 is 0 Å². The van der Waals surface area contributed by atoms with Crippen molar-refractivity contribution >= 4 is 6.08 Å². The van der Waals surface area contributed by atoms with Crippen LogP contribution in [0, 0.1) is 0 Å². The lowest BCUT2D eigenvalue weighted by molar-refractivity contribution is 0.561. The van der Waals surface area contributed by atoms with Crippen molar-refractivity contribution in [1.29, 1.82) is 0 Å². The Kier molecular flexibility index (Phi) is 4.51. The maximum atomic E-state index is 9.76. The maximum absolute atomic E-state index is 9.76. The normalized spacial score (nSPS) is 14.1. The Bertz CT molecular complexity index is 166. The number of rotatable bonds is 3. The predicted molar refractivity (Wildman–Crippen MR) is 41.6 cm³/mol. The van der Waals surface area contributed by atoms with E-state index in [0.717, 1.165) is 6.42 Å². The monoisotopic (exact) mass is 139 g/mol. The van der Waals surface area contributed by atoms with Gasteiger partial charge in [0.15, 0.2) is 0 Å². The van der Waals surface area contributed by atoms with Crippen molar-refractivity contribution in [3.63, 3.8) is 0 Å². The van der Waals surface area contributed by atoms with E-state index >= 15 is 0 Å². The third-order valence-corrected chi connectivity index (χ3v) is 1.34. The Hall–Kier alpha value is -0.880. The van der Waals surface area contributed by atoms with Crippen molar-refractivity contribution in [2.45, 2.75) is 33.2 Å². The molecular formula is C8H13NO. The number of aliphatic imine (C=N–C) groups is 1. The van der Waals surface area contributed by atoms with E-state index in [-0.39, 0.29) is 6.04 Å². The molecule has 0 aliphatic heterocycles. The fourth-order valence-corrected chi connectivity index (χ4v) is 0.650. The highest BCUT2D eigenvalue weighted by Crippen LogP contribution is 2.01. The Morgan fingerprint density at radius 2 is 2.40 bits per heavy atom. The minimum Gasteiger partial charge on any atom is -0.211 e. The van der Waals surface area contributed by atoms with Gasteiger partial charge in [0.1, 0.15) is 0 Å². The van der Waals surface area contributed by atoms with Crippen LogP contribution in [-0.2, 0) is 4.79 Å². The molecule has 0 aromatic rings. The van der Waals surface area contributed by atoms with E-state index in [1.165, 1.54) is 11.7 Å². The van der Waals surface area contributed by atoms with E-state index in [2.05, 4.69) is 11.9 Å². The van der Waals surface area contributed by atoms with Crippen LogP contribution in [0.15, 0.2) is 16.6 Å². The van der Waals surface area contributed by atoms with Crippen LogP contribution in [0.1, 0.15) is 27.2 Å². The first-order valence-corrected chi connectivity index (χ1v) is 3.45. The van der Waals surface area contributed by atoms with Crippen LogP contribution in [0.3, 0.4) is 0 Å². The first-order valence-electron chi connectivity index (χ1n) is 3.45. The summed E-state index contributed by atoms with van der Waals surface area (Å²) in [7, 11) is 0. The zero-order chi connectivity index (χ0) is 7.98. The molecule has 0 rings (SSSR count). The lowest BCUT2D eigenvalue weighted by Crippen LogP contribution is -1.91. The molecule has 0 fully saturated rings. The molecule has 0 aliphatic rings. The molecule has 0 N–H and O–H groups in total. The van der Waals surface area contributed by atoms with Gasteiger partial charge in [0, 0.05) is 0 Å². The van der Waals surface area contributed by atoms with Crippen molar-refractivity contribution in [2.75, 3.05) is 0 Å². The lowest BCUT2D eigenvalue weighted by atomic mass is 10.2. The van der Waals surface area contributed by atoms with Gasteiger partial charge in [-0.2, -0.15) is 4.99 Å². The molecule has 1 unspecified atom stereocenters. The van der Waals surface area contributed by atoms with Crippen LogP contribution >= 0.6 is 0 Å². The van der Waals surface area contributed by atoms with Gasteiger partial charge in [-0.3, -0.25) is 0 Å². The minimum atomic E-state index is -0.0163. The fourth-order valence-electron chi connectivity index (χ4n) is 0.650. The van der Waals surface area contributed by atoms with Crippen molar-refractivity contribution in [3.05, 3.63) is 11.6 Å². The first-order chi connectivity index (χ1) is 4.70. The van der Waals surface area contributed by atoms with Gasteiger partial charge in [-0.25, -0.2) is 4.79 Å². The van der Waals surface area contributed by atoms with Crippen molar-refractivity contribution < 1.29 is 4.79 Å². The summed E-state index contributed by atoms with van der Waals surface area (Å²) in [5.74, 6) is 0. The van der Waals surface area contributed by atoms with Gasteiger partial charge in [0.25, 0.3) is 0 Å². The molecule has 0 saturated carbocycles. The molecule has 10 heavy (non-hydrogen) atoms. The van der Waals surface area contributed by atoms with Crippen LogP contribution < -0.4 is 0 Å². The van der Waals surface area contributed by atoms with Crippen molar-refractivity contribution in [3.8, 4) is 0 Å². The molecule has 0 saturated heterocycles. The molecular weight excluding hydrogens is 126 g/mol. The highest BCUT2D eigenvalue weighted by molar-refractivity contribution is 5.34. The van der Waals surface area contributed by atoms with Crippen LogP contribution in [0.25, 0.3) is 0 Å². The zero-order valence-electron chi connectivity index (χ0n) is 6.72. The van der Waals surface area contributed by atoms with Gasteiger partial charge in [-0.1, -0.05) is 18.6 Å². The predicted octanol–water partition coefficient (Wildman–Crippen LogP) is 2.07. The number of isocyanates is 1. The largest absolute Gasteiger partial charge is 0.235 e. The molecule has 2 heteroatoms. The molecule has 0 radical (unpaired) electrons.